The van der Waals surface area contributed by atoms with Crippen LogP contribution in [0.15, 0.2) is 16.6 Å². The molecule has 0 radical (unpaired) electrons. The zero-order valence-corrected chi connectivity index (χ0v) is 13.4. The van der Waals surface area contributed by atoms with Crippen molar-refractivity contribution >= 4 is 39.1 Å². The van der Waals surface area contributed by atoms with Crippen LogP contribution in [0.25, 0.3) is 0 Å². The lowest BCUT2D eigenvalue weighted by atomic mass is 10.1. The van der Waals surface area contributed by atoms with Crippen molar-refractivity contribution < 1.29 is 4.79 Å². The van der Waals surface area contributed by atoms with Crippen LogP contribution in [-0.4, -0.2) is 18.0 Å². The molecule has 0 atom stereocenters. The average molecular weight is 334 g/mol. The summed E-state index contributed by atoms with van der Waals surface area (Å²) >= 11 is 9.49. The van der Waals surface area contributed by atoms with Crippen molar-refractivity contribution in [1.29, 1.82) is 0 Å². The number of aryl methyl sites for hydroxylation is 1. The molecule has 0 bridgehead atoms. The average Bonchev–Trinajstić information content (AvgIpc) is 2.19. The van der Waals surface area contributed by atoms with Gasteiger partial charge in [-0.05, 0) is 61.3 Å². The smallest absolute Gasteiger partial charge is 0.239 e. The number of benzene rings is 1. The van der Waals surface area contributed by atoms with Gasteiger partial charge >= 0.3 is 0 Å². The van der Waals surface area contributed by atoms with E-state index in [0.717, 1.165) is 15.7 Å². The van der Waals surface area contributed by atoms with E-state index in [1.165, 1.54) is 0 Å². The van der Waals surface area contributed by atoms with Crippen LogP contribution in [0.1, 0.15) is 26.3 Å². The lowest BCUT2D eigenvalue weighted by Crippen LogP contribution is -2.43. The highest BCUT2D eigenvalue weighted by Crippen LogP contribution is 2.28. The molecule has 0 fully saturated rings. The van der Waals surface area contributed by atoms with Gasteiger partial charge in [-0.2, -0.15) is 0 Å². The first kappa shape index (κ1) is 15.3. The molecule has 5 heteroatoms. The van der Waals surface area contributed by atoms with Crippen LogP contribution in [0.2, 0.25) is 5.02 Å². The van der Waals surface area contributed by atoms with Crippen molar-refractivity contribution in [3.05, 3.63) is 27.2 Å². The van der Waals surface area contributed by atoms with Gasteiger partial charge < -0.3 is 10.6 Å². The van der Waals surface area contributed by atoms with Crippen LogP contribution in [0.5, 0.6) is 0 Å². The Kier molecular flexibility index (Phi) is 5.05. The molecular weight excluding hydrogens is 316 g/mol. The molecule has 0 spiro atoms. The maximum absolute atomic E-state index is 11.7. The van der Waals surface area contributed by atoms with E-state index in [2.05, 4.69) is 26.6 Å². The van der Waals surface area contributed by atoms with E-state index in [9.17, 15) is 4.79 Å². The number of hydrogen-bond acceptors (Lipinski definition) is 2. The van der Waals surface area contributed by atoms with Crippen LogP contribution in [0.3, 0.4) is 0 Å². The van der Waals surface area contributed by atoms with E-state index in [1.807, 2.05) is 39.8 Å². The molecule has 100 valence electrons. The third-order valence-electron chi connectivity index (χ3n) is 2.20. The first-order valence-corrected chi connectivity index (χ1v) is 6.86. The number of nitrogens with one attached hydrogen (secondary N) is 2. The number of amides is 1. The van der Waals surface area contributed by atoms with Crippen molar-refractivity contribution in [2.24, 2.45) is 0 Å². The number of halogens is 2. The van der Waals surface area contributed by atoms with Gasteiger partial charge in [-0.15, -0.1) is 0 Å². The van der Waals surface area contributed by atoms with Crippen molar-refractivity contribution in [2.75, 3.05) is 11.9 Å². The van der Waals surface area contributed by atoms with Gasteiger partial charge in [0.05, 0.1) is 12.2 Å². The summed E-state index contributed by atoms with van der Waals surface area (Å²) in [5, 5.41) is 6.62. The summed E-state index contributed by atoms with van der Waals surface area (Å²) in [4.78, 5) is 11.7. The SMILES string of the molecule is Cc1cc(Br)c(NCC(=O)NC(C)(C)C)cc1Cl. The molecule has 0 aliphatic carbocycles. The Hall–Kier alpha value is -0.740. The van der Waals surface area contributed by atoms with E-state index in [1.54, 1.807) is 0 Å². The van der Waals surface area contributed by atoms with Crippen LogP contribution >= 0.6 is 27.5 Å². The van der Waals surface area contributed by atoms with Crippen LogP contribution in [0, 0.1) is 6.92 Å². The quantitative estimate of drug-likeness (QED) is 0.885. The molecule has 0 aromatic heterocycles. The molecule has 18 heavy (non-hydrogen) atoms. The van der Waals surface area contributed by atoms with Gasteiger partial charge in [-0.1, -0.05) is 11.6 Å². The highest BCUT2D eigenvalue weighted by Gasteiger charge is 2.13. The first-order valence-electron chi connectivity index (χ1n) is 5.69. The molecule has 1 aromatic rings. The second-order valence-electron chi connectivity index (χ2n) is 5.23. The van der Waals surface area contributed by atoms with Gasteiger partial charge in [0.1, 0.15) is 0 Å². The number of anilines is 1. The van der Waals surface area contributed by atoms with E-state index < -0.39 is 0 Å². The number of hydrogen-bond donors (Lipinski definition) is 2. The minimum Gasteiger partial charge on any atom is -0.375 e. The van der Waals surface area contributed by atoms with E-state index in [4.69, 9.17) is 11.6 Å². The summed E-state index contributed by atoms with van der Waals surface area (Å²) in [6, 6.07) is 3.73. The third kappa shape index (κ3) is 4.86. The standard InChI is InChI=1S/C13H18BrClN2O/c1-8-5-9(14)11(6-10(8)15)16-7-12(18)17-13(2,3)4/h5-6,16H,7H2,1-4H3,(H,17,18). The minimum atomic E-state index is -0.221. The molecule has 0 saturated heterocycles. The Morgan fingerprint density at radius 3 is 2.56 bits per heavy atom. The van der Waals surface area contributed by atoms with Gasteiger partial charge in [-0.3, -0.25) is 4.79 Å². The van der Waals surface area contributed by atoms with Crippen LogP contribution < -0.4 is 10.6 Å². The molecule has 2 N–H and O–H groups in total. The summed E-state index contributed by atoms with van der Waals surface area (Å²) in [6.07, 6.45) is 0. The summed E-state index contributed by atoms with van der Waals surface area (Å²) < 4.78 is 0.896. The normalized spacial score (nSPS) is 11.2. The van der Waals surface area contributed by atoms with Gasteiger partial charge in [0.2, 0.25) is 5.91 Å². The summed E-state index contributed by atoms with van der Waals surface area (Å²) in [5.41, 5.74) is 1.59. The molecule has 1 amide bonds. The van der Waals surface area contributed by atoms with Crippen molar-refractivity contribution in [3.8, 4) is 0 Å². The van der Waals surface area contributed by atoms with Crippen LogP contribution in [-0.2, 0) is 4.79 Å². The number of carbonyl (C=O) groups excluding carboxylic acids is 1. The Labute approximate surface area is 121 Å². The lowest BCUT2D eigenvalue weighted by Gasteiger charge is -2.21. The fraction of sp³-hybridized carbons (Fsp3) is 0.462. The Balaban J connectivity index is 2.64. The summed E-state index contributed by atoms with van der Waals surface area (Å²) in [5.74, 6) is -0.0499. The zero-order chi connectivity index (χ0) is 13.9. The molecule has 0 aliphatic heterocycles. The van der Waals surface area contributed by atoms with Gasteiger partial charge in [0.25, 0.3) is 0 Å². The predicted molar refractivity (Wildman–Crippen MR) is 80.3 cm³/mol. The summed E-state index contributed by atoms with van der Waals surface area (Å²) in [7, 11) is 0. The van der Waals surface area contributed by atoms with Gasteiger partial charge in [-0.25, -0.2) is 0 Å². The zero-order valence-electron chi connectivity index (χ0n) is 11.0. The number of rotatable bonds is 3. The monoisotopic (exact) mass is 332 g/mol. The summed E-state index contributed by atoms with van der Waals surface area (Å²) in [6.45, 7) is 8.00. The maximum Gasteiger partial charge on any atom is 0.239 e. The topological polar surface area (TPSA) is 41.1 Å². The predicted octanol–water partition coefficient (Wildman–Crippen LogP) is 3.74. The molecule has 3 nitrogen and oxygen atoms in total. The molecular formula is C13H18BrClN2O. The van der Waals surface area contributed by atoms with E-state index in [0.29, 0.717) is 5.02 Å². The minimum absolute atomic E-state index is 0.0499. The maximum atomic E-state index is 11.7. The first-order chi connectivity index (χ1) is 8.19. The van der Waals surface area contributed by atoms with Crippen molar-refractivity contribution in [2.45, 2.75) is 33.2 Å². The fourth-order valence-electron chi connectivity index (χ4n) is 1.42. The van der Waals surface area contributed by atoms with Crippen LogP contribution in [0.4, 0.5) is 5.69 Å². The van der Waals surface area contributed by atoms with E-state index in [-0.39, 0.29) is 18.0 Å². The Morgan fingerprint density at radius 2 is 2.00 bits per heavy atom. The molecule has 1 rings (SSSR count). The molecule has 0 saturated carbocycles. The molecule has 1 aromatic carbocycles. The third-order valence-corrected chi connectivity index (χ3v) is 3.27. The number of carbonyl (C=O) groups is 1. The molecule has 0 heterocycles. The molecule has 0 unspecified atom stereocenters. The second-order valence-corrected chi connectivity index (χ2v) is 6.49. The van der Waals surface area contributed by atoms with Gasteiger partial charge in [0.15, 0.2) is 0 Å². The van der Waals surface area contributed by atoms with Gasteiger partial charge in [0, 0.05) is 15.0 Å². The fourth-order valence-corrected chi connectivity index (χ4v) is 2.18. The second kappa shape index (κ2) is 5.93. The molecule has 0 aliphatic rings. The largest absolute Gasteiger partial charge is 0.375 e. The lowest BCUT2D eigenvalue weighted by molar-refractivity contribution is -0.120. The van der Waals surface area contributed by atoms with E-state index >= 15 is 0 Å². The Morgan fingerprint density at radius 1 is 1.39 bits per heavy atom. The Bertz CT molecular complexity index is 455. The highest BCUT2D eigenvalue weighted by atomic mass is 79.9. The van der Waals surface area contributed by atoms with Crippen molar-refractivity contribution in [3.63, 3.8) is 0 Å². The highest BCUT2D eigenvalue weighted by molar-refractivity contribution is 9.10. The van der Waals surface area contributed by atoms with Crippen molar-refractivity contribution in [1.82, 2.24) is 5.32 Å².